The number of benzene rings is 1. The molecule has 1 heterocycles. The van der Waals surface area contributed by atoms with Gasteiger partial charge in [-0.15, -0.1) is 0 Å². The molecule has 0 bridgehead atoms. The Labute approximate surface area is 98.8 Å². The van der Waals surface area contributed by atoms with Crippen LogP contribution in [-0.4, -0.2) is 42.1 Å². The number of hydrogen-bond donors (Lipinski definition) is 2. The maximum atomic E-state index is 12.0. The highest BCUT2D eigenvalue weighted by molar-refractivity contribution is 6.32. The summed E-state index contributed by atoms with van der Waals surface area (Å²) in [5, 5.41) is 12.7. The molecule has 1 fully saturated rings. The van der Waals surface area contributed by atoms with E-state index in [0.717, 1.165) is 13.1 Å². The number of rotatable bonds is 1. The molecule has 1 amide bonds. The van der Waals surface area contributed by atoms with E-state index >= 15 is 0 Å². The van der Waals surface area contributed by atoms with Crippen molar-refractivity contribution < 1.29 is 9.90 Å². The zero-order valence-corrected chi connectivity index (χ0v) is 9.50. The molecule has 0 unspecified atom stereocenters. The van der Waals surface area contributed by atoms with Crippen molar-refractivity contribution in [3.8, 4) is 5.75 Å². The van der Waals surface area contributed by atoms with Crippen LogP contribution in [0.4, 0.5) is 0 Å². The van der Waals surface area contributed by atoms with E-state index in [-0.39, 0.29) is 16.7 Å². The summed E-state index contributed by atoms with van der Waals surface area (Å²) in [4.78, 5) is 13.8. The van der Waals surface area contributed by atoms with Crippen molar-refractivity contribution in [2.45, 2.75) is 0 Å². The molecule has 1 aromatic carbocycles. The van der Waals surface area contributed by atoms with Gasteiger partial charge in [0.25, 0.3) is 5.91 Å². The van der Waals surface area contributed by atoms with Crippen molar-refractivity contribution >= 4 is 17.5 Å². The minimum absolute atomic E-state index is 0.00136. The smallest absolute Gasteiger partial charge is 0.253 e. The van der Waals surface area contributed by atoms with E-state index in [2.05, 4.69) is 5.32 Å². The fourth-order valence-corrected chi connectivity index (χ4v) is 1.87. The normalized spacial score (nSPS) is 16.2. The van der Waals surface area contributed by atoms with E-state index in [1.807, 2.05) is 0 Å². The summed E-state index contributed by atoms with van der Waals surface area (Å²) in [6.07, 6.45) is 0. The van der Waals surface area contributed by atoms with Crippen molar-refractivity contribution in [3.05, 3.63) is 28.8 Å². The van der Waals surface area contributed by atoms with Gasteiger partial charge in [0.2, 0.25) is 0 Å². The second-order valence-electron chi connectivity index (χ2n) is 3.71. The van der Waals surface area contributed by atoms with Gasteiger partial charge in [0.15, 0.2) is 0 Å². The summed E-state index contributed by atoms with van der Waals surface area (Å²) in [6, 6.07) is 4.53. The first-order valence-corrected chi connectivity index (χ1v) is 5.55. The summed E-state index contributed by atoms with van der Waals surface area (Å²) >= 11 is 5.76. The average molecular weight is 241 g/mol. The first kappa shape index (κ1) is 11.2. The topological polar surface area (TPSA) is 52.6 Å². The maximum Gasteiger partial charge on any atom is 0.253 e. The highest BCUT2D eigenvalue weighted by Gasteiger charge is 2.18. The predicted octanol–water partition coefficient (Wildman–Crippen LogP) is 1.09. The molecule has 0 aromatic heterocycles. The number of carbonyl (C=O) groups is 1. The van der Waals surface area contributed by atoms with Gasteiger partial charge >= 0.3 is 0 Å². The minimum Gasteiger partial charge on any atom is -0.506 e. The molecule has 1 saturated heterocycles. The van der Waals surface area contributed by atoms with Crippen LogP contribution in [-0.2, 0) is 0 Å². The van der Waals surface area contributed by atoms with Crippen LogP contribution in [0.1, 0.15) is 10.4 Å². The van der Waals surface area contributed by atoms with Crippen molar-refractivity contribution in [1.29, 1.82) is 0 Å². The van der Waals surface area contributed by atoms with Gasteiger partial charge in [0, 0.05) is 31.7 Å². The van der Waals surface area contributed by atoms with Crippen molar-refractivity contribution in [1.82, 2.24) is 10.2 Å². The number of piperazine rings is 1. The third kappa shape index (κ3) is 2.28. The molecule has 2 rings (SSSR count). The van der Waals surface area contributed by atoms with Gasteiger partial charge in [-0.1, -0.05) is 11.6 Å². The summed E-state index contributed by atoms with van der Waals surface area (Å²) in [6.45, 7) is 3.05. The molecule has 1 aliphatic rings. The van der Waals surface area contributed by atoms with Crippen LogP contribution in [0.15, 0.2) is 18.2 Å². The summed E-state index contributed by atoms with van der Waals surface area (Å²) < 4.78 is 0. The van der Waals surface area contributed by atoms with Gasteiger partial charge in [-0.2, -0.15) is 0 Å². The van der Waals surface area contributed by atoms with E-state index in [4.69, 9.17) is 11.6 Å². The molecule has 2 N–H and O–H groups in total. The van der Waals surface area contributed by atoms with Crippen LogP contribution < -0.4 is 5.32 Å². The van der Waals surface area contributed by atoms with Crippen molar-refractivity contribution in [3.63, 3.8) is 0 Å². The molecular weight excluding hydrogens is 228 g/mol. The lowest BCUT2D eigenvalue weighted by atomic mass is 10.2. The number of nitrogens with zero attached hydrogens (tertiary/aromatic N) is 1. The quantitative estimate of drug-likeness (QED) is 0.773. The molecule has 0 radical (unpaired) electrons. The number of hydrogen-bond acceptors (Lipinski definition) is 3. The average Bonchev–Trinajstić information content (AvgIpc) is 2.33. The molecule has 1 aromatic rings. The van der Waals surface area contributed by atoms with E-state index in [1.54, 1.807) is 11.0 Å². The summed E-state index contributed by atoms with van der Waals surface area (Å²) in [7, 11) is 0. The Morgan fingerprint density at radius 3 is 2.69 bits per heavy atom. The lowest BCUT2D eigenvalue weighted by Gasteiger charge is -2.27. The fourth-order valence-electron chi connectivity index (χ4n) is 1.69. The number of phenols is 1. The van der Waals surface area contributed by atoms with Gasteiger partial charge in [-0.05, 0) is 18.2 Å². The highest BCUT2D eigenvalue weighted by atomic mass is 35.5. The molecule has 0 atom stereocenters. The van der Waals surface area contributed by atoms with Gasteiger partial charge in [-0.3, -0.25) is 4.79 Å². The Hall–Kier alpha value is -1.26. The molecule has 1 aliphatic heterocycles. The van der Waals surface area contributed by atoms with E-state index in [0.29, 0.717) is 18.7 Å². The van der Waals surface area contributed by atoms with Gasteiger partial charge in [0.05, 0.1) is 5.02 Å². The number of carbonyl (C=O) groups excluding carboxylic acids is 1. The lowest BCUT2D eigenvalue weighted by molar-refractivity contribution is 0.0736. The molecule has 0 aliphatic carbocycles. The van der Waals surface area contributed by atoms with E-state index in [9.17, 15) is 9.90 Å². The minimum atomic E-state index is -0.0385. The largest absolute Gasteiger partial charge is 0.506 e. The zero-order chi connectivity index (χ0) is 11.5. The second kappa shape index (κ2) is 4.72. The van der Waals surface area contributed by atoms with Gasteiger partial charge in [0.1, 0.15) is 5.75 Å². The van der Waals surface area contributed by atoms with Crippen LogP contribution in [0.3, 0.4) is 0 Å². The highest BCUT2D eigenvalue weighted by Crippen LogP contribution is 2.24. The standard InChI is InChI=1S/C11H13ClN2O2/c12-9-7-8(1-2-10(9)15)11(16)14-5-3-13-4-6-14/h1-2,7,13,15H,3-6H2. The third-order valence-corrected chi connectivity index (χ3v) is 2.90. The first-order chi connectivity index (χ1) is 7.68. The molecule has 4 nitrogen and oxygen atoms in total. The number of aromatic hydroxyl groups is 1. The zero-order valence-electron chi connectivity index (χ0n) is 8.74. The number of amides is 1. The predicted molar refractivity (Wildman–Crippen MR) is 61.9 cm³/mol. The molecule has 5 heteroatoms. The van der Waals surface area contributed by atoms with Crippen LogP contribution in [0.2, 0.25) is 5.02 Å². The second-order valence-corrected chi connectivity index (χ2v) is 4.12. The van der Waals surface area contributed by atoms with Crippen LogP contribution in [0.5, 0.6) is 5.75 Å². The van der Waals surface area contributed by atoms with E-state index < -0.39 is 0 Å². The molecule has 0 saturated carbocycles. The first-order valence-electron chi connectivity index (χ1n) is 5.17. The van der Waals surface area contributed by atoms with Crippen molar-refractivity contribution in [2.75, 3.05) is 26.2 Å². The Bertz CT molecular complexity index is 403. The monoisotopic (exact) mass is 240 g/mol. The van der Waals surface area contributed by atoms with Crippen LogP contribution in [0.25, 0.3) is 0 Å². The molecule has 16 heavy (non-hydrogen) atoms. The lowest BCUT2D eigenvalue weighted by Crippen LogP contribution is -2.46. The molecule has 86 valence electrons. The van der Waals surface area contributed by atoms with Gasteiger partial charge in [-0.25, -0.2) is 0 Å². The summed E-state index contributed by atoms with van der Waals surface area (Å²) in [5.41, 5.74) is 0.518. The molecular formula is C11H13ClN2O2. The SMILES string of the molecule is O=C(c1ccc(O)c(Cl)c1)N1CCNCC1. The van der Waals surface area contributed by atoms with Crippen molar-refractivity contribution in [2.24, 2.45) is 0 Å². The maximum absolute atomic E-state index is 12.0. The number of nitrogens with one attached hydrogen (secondary N) is 1. The fraction of sp³-hybridized carbons (Fsp3) is 0.364. The summed E-state index contributed by atoms with van der Waals surface area (Å²) in [5.74, 6) is -0.0399. The van der Waals surface area contributed by atoms with Crippen LogP contribution in [0, 0.1) is 0 Å². The molecule has 0 spiro atoms. The third-order valence-electron chi connectivity index (χ3n) is 2.60. The Morgan fingerprint density at radius 2 is 2.06 bits per heavy atom. The Morgan fingerprint density at radius 1 is 1.38 bits per heavy atom. The van der Waals surface area contributed by atoms with E-state index in [1.165, 1.54) is 12.1 Å². The van der Waals surface area contributed by atoms with Gasteiger partial charge < -0.3 is 15.3 Å². The Kier molecular flexibility index (Phi) is 3.31. The number of halogens is 1. The Balaban J connectivity index is 2.16. The number of phenolic OH excluding ortho intramolecular Hbond substituents is 1. The van der Waals surface area contributed by atoms with Crippen LogP contribution >= 0.6 is 11.6 Å².